The first-order valence-electron chi connectivity index (χ1n) is 7.19. The summed E-state index contributed by atoms with van der Waals surface area (Å²) in [5.41, 5.74) is 0.519. The molecule has 2 N–H and O–H groups in total. The molecular formula is C15H18N2O4. The molecule has 0 bridgehead atoms. The van der Waals surface area contributed by atoms with E-state index in [9.17, 15) is 14.7 Å². The largest absolute Gasteiger partial charge is 0.508 e. The summed E-state index contributed by atoms with van der Waals surface area (Å²) < 4.78 is 5.28. The van der Waals surface area contributed by atoms with Crippen molar-refractivity contribution in [3.05, 3.63) is 18.2 Å². The Morgan fingerprint density at radius 2 is 2.14 bits per heavy atom. The number of ether oxygens (including phenoxy) is 1. The molecule has 2 aliphatic rings. The third-order valence-corrected chi connectivity index (χ3v) is 3.91. The fourth-order valence-corrected chi connectivity index (χ4v) is 2.85. The number of benzene rings is 1. The summed E-state index contributed by atoms with van der Waals surface area (Å²) in [6, 6.07) is 4.74. The summed E-state index contributed by atoms with van der Waals surface area (Å²) in [5, 5.41) is 12.4. The maximum atomic E-state index is 12.1. The highest BCUT2D eigenvalue weighted by molar-refractivity contribution is 6.02. The van der Waals surface area contributed by atoms with Gasteiger partial charge in [-0.05, 0) is 25.0 Å². The number of phenols is 1. The maximum Gasteiger partial charge on any atom is 0.265 e. The Bertz CT molecular complexity index is 567. The first-order valence-corrected chi connectivity index (χ1v) is 7.19. The van der Waals surface area contributed by atoms with E-state index in [1.165, 1.54) is 17.0 Å². The van der Waals surface area contributed by atoms with Gasteiger partial charge in [0.05, 0.1) is 5.69 Å². The SMILES string of the molecule is O=C(CN1C(=O)COc2cc(O)ccc21)NC1CCCC1. The second-order valence-electron chi connectivity index (χ2n) is 5.47. The van der Waals surface area contributed by atoms with Gasteiger partial charge in [-0.15, -0.1) is 0 Å². The highest BCUT2D eigenvalue weighted by Crippen LogP contribution is 2.34. The van der Waals surface area contributed by atoms with Gasteiger partial charge in [-0.3, -0.25) is 14.5 Å². The number of rotatable bonds is 3. The molecule has 3 rings (SSSR count). The number of carbonyl (C=O) groups excluding carboxylic acids is 2. The van der Waals surface area contributed by atoms with Crippen molar-refractivity contribution in [2.75, 3.05) is 18.1 Å². The van der Waals surface area contributed by atoms with Crippen LogP contribution in [-0.2, 0) is 9.59 Å². The number of hydrogen-bond acceptors (Lipinski definition) is 4. The van der Waals surface area contributed by atoms with Gasteiger partial charge in [0.25, 0.3) is 5.91 Å². The van der Waals surface area contributed by atoms with Gasteiger partial charge in [0.2, 0.25) is 5.91 Å². The van der Waals surface area contributed by atoms with Gasteiger partial charge < -0.3 is 15.2 Å². The molecule has 0 radical (unpaired) electrons. The normalized spacial score (nSPS) is 18.3. The molecule has 2 amide bonds. The quantitative estimate of drug-likeness (QED) is 0.876. The fourth-order valence-electron chi connectivity index (χ4n) is 2.85. The number of phenolic OH excluding ortho intramolecular Hbond substituents is 1. The Balaban J connectivity index is 1.72. The third-order valence-electron chi connectivity index (χ3n) is 3.91. The van der Waals surface area contributed by atoms with E-state index in [4.69, 9.17) is 4.74 Å². The van der Waals surface area contributed by atoms with Gasteiger partial charge in [0.1, 0.15) is 18.0 Å². The Morgan fingerprint density at radius 3 is 2.90 bits per heavy atom. The Labute approximate surface area is 122 Å². The van der Waals surface area contributed by atoms with Crippen molar-refractivity contribution >= 4 is 17.5 Å². The van der Waals surface area contributed by atoms with E-state index in [0.717, 1.165) is 25.7 Å². The van der Waals surface area contributed by atoms with E-state index in [1.807, 2.05) is 0 Å². The topological polar surface area (TPSA) is 78.9 Å². The van der Waals surface area contributed by atoms with Gasteiger partial charge in [0.15, 0.2) is 6.61 Å². The van der Waals surface area contributed by atoms with Crippen LogP contribution in [0, 0.1) is 0 Å². The van der Waals surface area contributed by atoms with Crippen LogP contribution in [0.15, 0.2) is 18.2 Å². The van der Waals surface area contributed by atoms with Crippen LogP contribution in [0.5, 0.6) is 11.5 Å². The zero-order valence-corrected chi connectivity index (χ0v) is 11.7. The summed E-state index contributed by atoms with van der Waals surface area (Å²) in [6.45, 7) is -0.135. The molecule has 1 fully saturated rings. The number of hydrogen-bond donors (Lipinski definition) is 2. The van der Waals surface area contributed by atoms with Gasteiger partial charge >= 0.3 is 0 Å². The number of nitrogens with zero attached hydrogens (tertiary/aromatic N) is 1. The molecule has 0 unspecified atom stereocenters. The summed E-state index contributed by atoms with van der Waals surface area (Å²) in [4.78, 5) is 25.5. The average molecular weight is 290 g/mol. The number of nitrogens with one attached hydrogen (secondary N) is 1. The maximum absolute atomic E-state index is 12.1. The van der Waals surface area contributed by atoms with Crippen molar-refractivity contribution in [2.24, 2.45) is 0 Å². The number of aromatic hydroxyl groups is 1. The molecule has 1 aromatic carbocycles. The Hall–Kier alpha value is -2.24. The summed E-state index contributed by atoms with van der Waals surface area (Å²) in [7, 11) is 0. The molecule has 0 atom stereocenters. The summed E-state index contributed by atoms with van der Waals surface area (Å²) in [5.74, 6) is 0.0765. The molecule has 1 aliphatic heterocycles. The average Bonchev–Trinajstić information content (AvgIpc) is 2.95. The van der Waals surface area contributed by atoms with Crippen molar-refractivity contribution in [1.29, 1.82) is 0 Å². The zero-order chi connectivity index (χ0) is 14.8. The van der Waals surface area contributed by atoms with Crippen LogP contribution in [0.1, 0.15) is 25.7 Å². The molecule has 0 spiro atoms. The van der Waals surface area contributed by atoms with E-state index >= 15 is 0 Å². The minimum atomic E-state index is -0.255. The lowest BCUT2D eigenvalue weighted by Gasteiger charge is -2.29. The van der Waals surface area contributed by atoms with E-state index in [1.54, 1.807) is 6.07 Å². The predicted molar refractivity (Wildman–Crippen MR) is 76.4 cm³/mol. The number of fused-ring (bicyclic) bond motifs is 1. The molecule has 112 valence electrons. The van der Waals surface area contributed by atoms with E-state index in [2.05, 4.69) is 5.32 Å². The zero-order valence-electron chi connectivity index (χ0n) is 11.7. The third kappa shape index (κ3) is 2.94. The number of amides is 2. The van der Waals surface area contributed by atoms with Gasteiger partial charge in [-0.1, -0.05) is 12.8 Å². The monoisotopic (exact) mass is 290 g/mol. The molecule has 1 aliphatic carbocycles. The van der Waals surface area contributed by atoms with Crippen molar-refractivity contribution < 1.29 is 19.4 Å². The molecular weight excluding hydrogens is 272 g/mol. The second-order valence-corrected chi connectivity index (χ2v) is 5.47. The van der Waals surface area contributed by atoms with Crippen LogP contribution in [0.3, 0.4) is 0 Å². The van der Waals surface area contributed by atoms with Crippen LogP contribution in [0.2, 0.25) is 0 Å². The predicted octanol–water partition coefficient (Wildman–Crippen LogP) is 1.18. The van der Waals surface area contributed by atoms with Crippen molar-refractivity contribution in [3.63, 3.8) is 0 Å². The minimum absolute atomic E-state index is 0.0174. The first-order chi connectivity index (χ1) is 10.1. The smallest absolute Gasteiger partial charge is 0.265 e. The molecule has 1 heterocycles. The molecule has 1 aromatic rings. The van der Waals surface area contributed by atoms with Crippen LogP contribution in [0.25, 0.3) is 0 Å². The molecule has 6 heteroatoms. The van der Waals surface area contributed by atoms with Crippen molar-refractivity contribution in [2.45, 2.75) is 31.7 Å². The van der Waals surface area contributed by atoms with Gasteiger partial charge in [-0.2, -0.15) is 0 Å². The van der Waals surface area contributed by atoms with Crippen LogP contribution >= 0.6 is 0 Å². The van der Waals surface area contributed by atoms with E-state index < -0.39 is 0 Å². The van der Waals surface area contributed by atoms with Crippen LogP contribution in [-0.4, -0.2) is 36.1 Å². The Kier molecular flexibility index (Phi) is 3.68. The second kappa shape index (κ2) is 5.63. The van der Waals surface area contributed by atoms with Gasteiger partial charge in [-0.25, -0.2) is 0 Å². The molecule has 0 saturated heterocycles. The van der Waals surface area contributed by atoms with E-state index in [0.29, 0.717) is 11.4 Å². The summed E-state index contributed by atoms with van der Waals surface area (Å²) in [6.07, 6.45) is 4.30. The van der Waals surface area contributed by atoms with Gasteiger partial charge in [0, 0.05) is 12.1 Å². The molecule has 6 nitrogen and oxygen atoms in total. The van der Waals surface area contributed by atoms with Crippen molar-refractivity contribution in [3.8, 4) is 11.5 Å². The van der Waals surface area contributed by atoms with Crippen LogP contribution in [0.4, 0.5) is 5.69 Å². The number of anilines is 1. The molecule has 0 aromatic heterocycles. The highest BCUT2D eigenvalue weighted by atomic mass is 16.5. The fraction of sp³-hybridized carbons (Fsp3) is 0.467. The lowest BCUT2D eigenvalue weighted by atomic mass is 10.2. The Morgan fingerprint density at radius 1 is 1.38 bits per heavy atom. The summed E-state index contributed by atoms with van der Waals surface area (Å²) >= 11 is 0. The standard InChI is InChI=1S/C15H18N2O4/c18-11-5-6-12-13(7-11)21-9-15(20)17(12)8-14(19)16-10-3-1-2-4-10/h5-7,10,18H,1-4,8-9H2,(H,16,19). The van der Waals surface area contributed by atoms with E-state index in [-0.39, 0.29) is 36.8 Å². The molecule has 21 heavy (non-hydrogen) atoms. The molecule has 1 saturated carbocycles. The lowest BCUT2D eigenvalue weighted by molar-refractivity contribution is -0.125. The van der Waals surface area contributed by atoms with Crippen molar-refractivity contribution in [1.82, 2.24) is 5.32 Å². The highest BCUT2D eigenvalue weighted by Gasteiger charge is 2.28. The number of carbonyl (C=O) groups is 2. The minimum Gasteiger partial charge on any atom is -0.508 e. The lowest BCUT2D eigenvalue weighted by Crippen LogP contribution is -2.46. The first kappa shape index (κ1) is 13.7. The van der Waals surface area contributed by atoms with Crippen LogP contribution < -0.4 is 15.0 Å².